The number of hydrogen-bond donors (Lipinski definition) is 2. The van der Waals surface area contributed by atoms with Crippen LogP contribution in [0.25, 0.3) is 0 Å². The first-order valence-corrected chi connectivity index (χ1v) is 8.35. The molecule has 0 spiro atoms. The molecule has 0 radical (unpaired) electrons. The number of ketones is 1. The van der Waals surface area contributed by atoms with Gasteiger partial charge in [0.1, 0.15) is 5.75 Å². The molecule has 26 heavy (non-hydrogen) atoms. The third kappa shape index (κ3) is 6.05. The number of carbonyl (C=O) groups excluding carboxylic acids is 3. The number of Topliss-reactive ketones (excluding diaryl/α,β-unsaturated/α-hetero) is 1. The Bertz CT molecular complexity index is 785. The number of amides is 2. The van der Waals surface area contributed by atoms with Gasteiger partial charge < -0.3 is 15.8 Å². The summed E-state index contributed by atoms with van der Waals surface area (Å²) in [4.78, 5) is 34.2. The van der Waals surface area contributed by atoms with E-state index in [2.05, 4.69) is 5.32 Å². The molecule has 0 aliphatic rings. The second-order valence-electron chi connectivity index (χ2n) is 5.87. The van der Waals surface area contributed by atoms with E-state index in [4.69, 9.17) is 10.5 Å². The van der Waals surface area contributed by atoms with Gasteiger partial charge in [-0.3, -0.25) is 14.4 Å². The molecule has 0 heterocycles. The highest BCUT2D eigenvalue weighted by Gasteiger charge is 2.05. The molecule has 0 aromatic heterocycles. The van der Waals surface area contributed by atoms with E-state index < -0.39 is 5.91 Å². The number of carbonyl (C=O) groups is 3. The van der Waals surface area contributed by atoms with Crippen LogP contribution < -0.4 is 15.8 Å². The molecule has 2 aromatic carbocycles. The molecule has 136 valence electrons. The van der Waals surface area contributed by atoms with Gasteiger partial charge in [0.15, 0.2) is 5.78 Å². The summed E-state index contributed by atoms with van der Waals surface area (Å²) in [6.45, 7) is 2.26. The maximum Gasteiger partial charge on any atom is 0.248 e. The zero-order valence-corrected chi connectivity index (χ0v) is 14.7. The minimum atomic E-state index is -0.494. The largest absolute Gasteiger partial charge is 0.494 e. The first-order chi connectivity index (χ1) is 12.5. The average molecular weight is 354 g/mol. The van der Waals surface area contributed by atoms with Gasteiger partial charge in [-0.25, -0.2) is 0 Å². The standard InChI is InChI=1S/C20H22N2O4/c1-14(23)16-7-9-18(10-8-16)26-11-3-6-19(24)22-13-15-4-2-5-17(12-15)20(21)25/h2,4-5,7-10,12H,3,6,11,13H2,1H3,(H2,21,25)(H,22,24). The van der Waals surface area contributed by atoms with Crippen molar-refractivity contribution < 1.29 is 19.1 Å². The Morgan fingerprint density at radius 2 is 1.77 bits per heavy atom. The Labute approximate surface area is 152 Å². The van der Waals surface area contributed by atoms with Crippen LogP contribution in [-0.4, -0.2) is 24.2 Å². The van der Waals surface area contributed by atoms with Gasteiger partial charge in [0.2, 0.25) is 11.8 Å². The zero-order valence-electron chi connectivity index (χ0n) is 14.7. The van der Waals surface area contributed by atoms with E-state index >= 15 is 0 Å². The first kappa shape index (κ1) is 19.2. The lowest BCUT2D eigenvalue weighted by molar-refractivity contribution is -0.121. The van der Waals surface area contributed by atoms with Crippen molar-refractivity contribution in [1.82, 2.24) is 5.32 Å². The van der Waals surface area contributed by atoms with Crippen LogP contribution in [0, 0.1) is 0 Å². The zero-order chi connectivity index (χ0) is 18.9. The van der Waals surface area contributed by atoms with Crippen molar-refractivity contribution in [3.05, 3.63) is 65.2 Å². The second kappa shape index (κ2) is 9.36. The van der Waals surface area contributed by atoms with Crippen LogP contribution >= 0.6 is 0 Å². The van der Waals surface area contributed by atoms with Crippen molar-refractivity contribution >= 4 is 17.6 Å². The summed E-state index contributed by atoms with van der Waals surface area (Å²) in [7, 11) is 0. The third-order valence-corrected chi connectivity index (χ3v) is 3.78. The number of nitrogens with one attached hydrogen (secondary N) is 1. The van der Waals surface area contributed by atoms with Gasteiger partial charge in [-0.1, -0.05) is 12.1 Å². The van der Waals surface area contributed by atoms with Gasteiger partial charge in [0.25, 0.3) is 0 Å². The average Bonchev–Trinajstić information content (AvgIpc) is 2.64. The van der Waals surface area contributed by atoms with E-state index in [1.807, 2.05) is 6.07 Å². The predicted molar refractivity (Wildman–Crippen MR) is 98.0 cm³/mol. The van der Waals surface area contributed by atoms with Crippen molar-refractivity contribution in [1.29, 1.82) is 0 Å². The van der Waals surface area contributed by atoms with Crippen LogP contribution in [0.2, 0.25) is 0 Å². The van der Waals surface area contributed by atoms with Crippen LogP contribution in [-0.2, 0) is 11.3 Å². The van der Waals surface area contributed by atoms with E-state index in [9.17, 15) is 14.4 Å². The third-order valence-electron chi connectivity index (χ3n) is 3.78. The van der Waals surface area contributed by atoms with Crippen molar-refractivity contribution in [2.45, 2.75) is 26.3 Å². The van der Waals surface area contributed by atoms with E-state index in [1.54, 1.807) is 42.5 Å². The highest BCUT2D eigenvalue weighted by Crippen LogP contribution is 2.13. The molecule has 2 aromatic rings. The van der Waals surface area contributed by atoms with Gasteiger partial charge in [0, 0.05) is 24.1 Å². The summed E-state index contributed by atoms with van der Waals surface area (Å²) in [6, 6.07) is 13.7. The van der Waals surface area contributed by atoms with Crippen molar-refractivity contribution in [2.24, 2.45) is 5.73 Å². The quantitative estimate of drug-likeness (QED) is 0.534. The van der Waals surface area contributed by atoms with Gasteiger partial charge >= 0.3 is 0 Å². The first-order valence-electron chi connectivity index (χ1n) is 8.35. The van der Waals surface area contributed by atoms with Crippen LogP contribution in [0.4, 0.5) is 0 Å². The summed E-state index contributed by atoms with van der Waals surface area (Å²) < 4.78 is 5.55. The molecule has 0 atom stereocenters. The normalized spacial score (nSPS) is 10.2. The molecule has 0 unspecified atom stereocenters. The number of nitrogens with two attached hydrogens (primary N) is 1. The fourth-order valence-corrected chi connectivity index (χ4v) is 2.33. The Hall–Kier alpha value is -3.15. The molecule has 2 amide bonds. The Morgan fingerprint density at radius 3 is 2.42 bits per heavy atom. The van der Waals surface area contributed by atoms with Crippen molar-refractivity contribution in [3.8, 4) is 5.75 Å². The molecule has 0 aliphatic carbocycles. The van der Waals surface area contributed by atoms with Gasteiger partial charge in [-0.15, -0.1) is 0 Å². The monoisotopic (exact) mass is 354 g/mol. The maximum absolute atomic E-state index is 11.9. The highest BCUT2D eigenvalue weighted by molar-refractivity contribution is 5.94. The topological polar surface area (TPSA) is 98.5 Å². The smallest absolute Gasteiger partial charge is 0.248 e. The molecule has 0 saturated heterocycles. The summed E-state index contributed by atoms with van der Waals surface area (Å²) in [6.07, 6.45) is 0.905. The number of hydrogen-bond acceptors (Lipinski definition) is 4. The number of rotatable bonds is 9. The minimum Gasteiger partial charge on any atom is -0.494 e. The molecule has 0 fully saturated rings. The van der Waals surface area contributed by atoms with Crippen LogP contribution in [0.15, 0.2) is 48.5 Å². The summed E-state index contributed by atoms with van der Waals surface area (Å²) in [5, 5.41) is 2.80. The van der Waals surface area contributed by atoms with Crippen molar-refractivity contribution in [3.63, 3.8) is 0 Å². The molecule has 6 nitrogen and oxygen atoms in total. The van der Waals surface area contributed by atoms with Crippen LogP contribution in [0.1, 0.15) is 46.0 Å². The van der Waals surface area contributed by atoms with E-state index in [-0.39, 0.29) is 11.7 Å². The molecule has 2 rings (SSSR count). The lowest BCUT2D eigenvalue weighted by Crippen LogP contribution is -2.23. The van der Waals surface area contributed by atoms with E-state index in [0.717, 1.165) is 5.56 Å². The van der Waals surface area contributed by atoms with E-state index in [0.29, 0.717) is 42.9 Å². The summed E-state index contributed by atoms with van der Waals surface area (Å²) in [5.41, 5.74) is 7.10. The van der Waals surface area contributed by atoms with Gasteiger partial charge in [-0.2, -0.15) is 0 Å². The highest BCUT2D eigenvalue weighted by atomic mass is 16.5. The molecule has 6 heteroatoms. The Morgan fingerprint density at radius 1 is 1.04 bits per heavy atom. The van der Waals surface area contributed by atoms with Gasteiger partial charge in [0.05, 0.1) is 6.61 Å². The van der Waals surface area contributed by atoms with Crippen LogP contribution in [0.5, 0.6) is 5.75 Å². The Balaban J connectivity index is 1.68. The van der Waals surface area contributed by atoms with Crippen molar-refractivity contribution in [2.75, 3.05) is 6.61 Å². The predicted octanol–water partition coefficient (Wildman–Crippen LogP) is 2.46. The lowest BCUT2D eigenvalue weighted by Gasteiger charge is -2.08. The molecule has 0 bridgehead atoms. The van der Waals surface area contributed by atoms with Gasteiger partial charge in [-0.05, 0) is 55.3 Å². The number of ether oxygens (including phenoxy) is 1. The molecule has 0 aliphatic heterocycles. The molecular weight excluding hydrogens is 332 g/mol. The summed E-state index contributed by atoms with van der Waals surface area (Å²) in [5.74, 6) is 0.0879. The SMILES string of the molecule is CC(=O)c1ccc(OCCCC(=O)NCc2cccc(C(N)=O)c2)cc1. The van der Waals surface area contributed by atoms with E-state index in [1.165, 1.54) is 6.92 Å². The fourth-order valence-electron chi connectivity index (χ4n) is 2.33. The summed E-state index contributed by atoms with van der Waals surface area (Å²) >= 11 is 0. The Kier molecular flexibility index (Phi) is 6.91. The van der Waals surface area contributed by atoms with Crippen LogP contribution in [0.3, 0.4) is 0 Å². The maximum atomic E-state index is 11.9. The minimum absolute atomic E-state index is 0.00888. The number of benzene rings is 2. The molecule has 3 N–H and O–H groups in total. The number of primary amides is 1. The lowest BCUT2D eigenvalue weighted by atomic mass is 10.1. The second-order valence-corrected chi connectivity index (χ2v) is 5.87. The fraction of sp³-hybridized carbons (Fsp3) is 0.250. The molecule has 0 saturated carbocycles. The molecular formula is C20H22N2O4.